The van der Waals surface area contributed by atoms with Crippen molar-refractivity contribution >= 4 is 28.9 Å². The Morgan fingerprint density at radius 2 is 1.85 bits per heavy atom. The van der Waals surface area contributed by atoms with Gasteiger partial charge in [-0.05, 0) is 18.9 Å². The van der Waals surface area contributed by atoms with Gasteiger partial charge in [-0.15, -0.1) is 0 Å². The molecule has 2 aliphatic carbocycles. The molecular weight excluding hydrogens is 258 g/mol. The Kier molecular flexibility index (Phi) is 2.78. The highest BCUT2D eigenvalue weighted by Crippen LogP contribution is 2.39. The first-order chi connectivity index (χ1) is 9.50. The van der Waals surface area contributed by atoms with Crippen molar-refractivity contribution in [1.29, 1.82) is 0 Å². The molecule has 1 unspecified atom stereocenters. The fourth-order valence-corrected chi connectivity index (χ4v) is 2.60. The lowest BCUT2D eigenvalue weighted by Gasteiger charge is -2.07. The molecule has 1 aromatic carbocycles. The third kappa shape index (κ3) is 1.86. The Hall–Kier alpha value is -2.30. The monoisotopic (exact) mass is 271 g/mol. The molecule has 0 aliphatic heterocycles. The number of amides is 1. The Bertz CT molecular complexity index is 658. The van der Waals surface area contributed by atoms with Gasteiger partial charge in [0.25, 0.3) is 0 Å². The smallest absolute Gasteiger partial charge is 0.221 e. The van der Waals surface area contributed by atoms with Crippen molar-refractivity contribution in [1.82, 2.24) is 0 Å². The van der Waals surface area contributed by atoms with Gasteiger partial charge in [0.05, 0.1) is 11.3 Å². The van der Waals surface area contributed by atoms with E-state index >= 15 is 0 Å². The Morgan fingerprint density at radius 3 is 2.45 bits per heavy atom. The van der Waals surface area contributed by atoms with Gasteiger partial charge < -0.3 is 5.32 Å². The average Bonchev–Trinajstić information content (AvgIpc) is 3.18. The molecule has 1 amide bonds. The molecule has 1 N–H and O–H groups in total. The highest BCUT2D eigenvalue weighted by Gasteiger charge is 2.48. The second-order valence-corrected chi connectivity index (χ2v) is 5.25. The summed E-state index contributed by atoms with van der Waals surface area (Å²) in [5.74, 6) is -2.86. The van der Waals surface area contributed by atoms with Gasteiger partial charge in [0.2, 0.25) is 5.91 Å². The number of fused-ring (bicyclic) bond motifs is 1. The first-order valence-corrected chi connectivity index (χ1v) is 6.53. The van der Waals surface area contributed by atoms with Crippen molar-refractivity contribution in [2.75, 3.05) is 5.32 Å². The molecule has 0 radical (unpaired) electrons. The van der Waals surface area contributed by atoms with Crippen molar-refractivity contribution < 1.29 is 19.2 Å². The van der Waals surface area contributed by atoms with Gasteiger partial charge in [0.1, 0.15) is 5.92 Å². The summed E-state index contributed by atoms with van der Waals surface area (Å²) in [7, 11) is 0. The fourth-order valence-electron chi connectivity index (χ4n) is 2.60. The number of nitrogens with one attached hydrogen (secondary N) is 1. The van der Waals surface area contributed by atoms with Crippen LogP contribution in [0.5, 0.6) is 0 Å². The van der Waals surface area contributed by atoms with Crippen LogP contribution in [0.4, 0.5) is 5.69 Å². The van der Waals surface area contributed by atoms with Gasteiger partial charge >= 0.3 is 0 Å². The molecular formula is C15H13NO4. The molecule has 1 fully saturated rings. The highest BCUT2D eigenvalue weighted by atomic mass is 16.2. The Morgan fingerprint density at radius 1 is 1.15 bits per heavy atom. The molecule has 1 saturated carbocycles. The lowest BCUT2D eigenvalue weighted by molar-refractivity contribution is -0.121. The maximum Gasteiger partial charge on any atom is 0.221 e. The standard InChI is InChI=1S/C15H13NO4/c1-7(17)16-10-4-2-3-9-11(10)15(20)12(14(9)19)13(18)8-5-6-8/h2-4,8,12H,5-6H2,1H3,(H,16,17). The molecule has 0 bridgehead atoms. The van der Waals surface area contributed by atoms with Gasteiger partial charge in [-0.25, -0.2) is 0 Å². The van der Waals surface area contributed by atoms with Gasteiger partial charge in [-0.2, -0.15) is 0 Å². The van der Waals surface area contributed by atoms with E-state index in [-0.39, 0.29) is 28.7 Å². The van der Waals surface area contributed by atoms with Crippen molar-refractivity contribution in [2.45, 2.75) is 19.8 Å². The number of Topliss-reactive ketones (excluding diaryl/α,β-unsaturated/α-hetero) is 3. The summed E-state index contributed by atoms with van der Waals surface area (Å²) in [5.41, 5.74) is 0.714. The third-order valence-corrected chi connectivity index (χ3v) is 3.68. The first kappa shape index (κ1) is 12.7. The van der Waals surface area contributed by atoms with Crippen LogP contribution in [0.2, 0.25) is 0 Å². The Balaban J connectivity index is 2.04. The zero-order chi connectivity index (χ0) is 14.4. The summed E-state index contributed by atoms with van der Waals surface area (Å²) < 4.78 is 0. The minimum atomic E-state index is -1.20. The summed E-state index contributed by atoms with van der Waals surface area (Å²) in [5, 5.41) is 2.54. The fraction of sp³-hybridized carbons (Fsp3) is 0.333. The predicted octanol–water partition coefficient (Wildman–Crippen LogP) is 1.62. The minimum absolute atomic E-state index is 0.147. The molecule has 0 saturated heterocycles. The normalized spacial score (nSPS) is 20.8. The van der Waals surface area contributed by atoms with Gasteiger partial charge in [-0.3, -0.25) is 19.2 Å². The molecule has 5 heteroatoms. The number of benzene rings is 1. The van der Waals surface area contributed by atoms with Crippen molar-refractivity contribution in [3.05, 3.63) is 29.3 Å². The van der Waals surface area contributed by atoms with Crippen molar-refractivity contribution in [2.24, 2.45) is 11.8 Å². The number of anilines is 1. The number of rotatable bonds is 3. The number of hydrogen-bond acceptors (Lipinski definition) is 4. The molecule has 0 heterocycles. The largest absolute Gasteiger partial charge is 0.326 e. The molecule has 102 valence electrons. The van der Waals surface area contributed by atoms with Crippen LogP contribution in [0.3, 0.4) is 0 Å². The summed E-state index contributed by atoms with van der Waals surface area (Å²) in [6.07, 6.45) is 1.51. The summed E-state index contributed by atoms with van der Waals surface area (Å²) in [4.78, 5) is 47.9. The molecule has 0 aromatic heterocycles. The van der Waals surface area contributed by atoms with Gasteiger partial charge in [0.15, 0.2) is 17.3 Å². The first-order valence-electron chi connectivity index (χ1n) is 6.53. The maximum atomic E-state index is 12.4. The summed E-state index contributed by atoms with van der Waals surface area (Å²) in [6.45, 7) is 1.33. The van der Waals surface area contributed by atoms with E-state index in [2.05, 4.69) is 5.32 Å². The SMILES string of the molecule is CC(=O)Nc1cccc2c1C(=O)C(C(=O)C1CC1)C2=O. The van der Waals surface area contributed by atoms with Gasteiger partial charge in [-0.1, -0.05) is 12.1 Å². The van der Waals surface area contributed by atoms with Crippen LogP contribution < -0.4 is 5.32 Å². The van der Waals surface area contributed by atoms with Crippen LogP contribution in [0.25, 0.3) is 0 Å². The quantitative estimate of drug-likeness (QED) is 0.847. The van der Waals surface area contributed by atoms with Crippen molar-refractivity contribution in [3.8, 4) is 0 Å². The summed E-state index contributed by atoms with van der Waals surface area (Å²) in [6, 6.07) is 4.69. The average molecular weight is 271 g/mol. The molecule has 1 aromatic rings. The van der Waals surface area contributed by atoms with Crippen LogP contribution in [-0.4, -0.2) is 23.3 Å². The topological polar surface area (TPSA) is 80.3 Å². The zero-order valence-electron chi connectivity index (χ0n) is 10.9. The van der Waals surface area contributed by atoms with E-state index in [0.717, 1.165) is 12.8 Å². The molecule has 5 nitrogen and oxygen atoms in total. The summed E-state index contributed by atoms with van der Waals surface area (Å²) >= 11 is 0. The molecule has 0 spiro atoms. The third-order valence-electron chi connectivity index (χ3n) is 3.68. The number of ketones is 3. The number of carbonyl (C=O) groups is 4. The predicted molar refractivity (Wildman–Crippen MR) is 70.6 cm³/mol. The molecule has 1 atom stereocenters. The van der Waals surface area contributed by atoms with Crippen LogP contribution in [0, 0.1) is 11.8 Å². The maximum absolute atomic E-state index is 12.4. The molecule has 20 heavy (non-hydrogen) atoms. The van der Waals surface area contributed by atoms with Crippen LogP contribution in [0.1, 0.15) is 40.5 Å². The van der Waals surface area contributed by atoms with E-state index in [4.69, 9.17) is 0 Å². The Labute approximate surface area is 115 Å². The minimum Gasteiger partial charge on any atom is -0.326 e. The molecule has 2 aliphatic rings. The number of hydrogen-bond donors (Lipinski definition) is 1. The lowest BCUT2D eigenvalue weighted by atomic mass is 9.95. The van der Waals surface area contributed by atoms with Crippen LogP contribution >= 0.6 is 0 Å². The van der Waals surface area contributed by atoms with Crippen molar-refractivity contribution in [3.63, 3.8) is 0 Å². The number of carbonyl (C=O) groups excluding carboxylic acids is 4. The van der Waals surface area contributed by atoms with E-state index in [9.17, 15) is 19.2 Å². The zero-order valence-corrected chi connectivity index (χ0v) is 10.9. The second-order valence-electron chi connectivity index (χ2n) is 5.25. The van der Waals surface area contributed by atoms with E-state index < -0.39 is 17.5 Å². The highest BCUT2D eigenvalue weighted by molar-refractivity contribution is 6.37. The lowest BCUT2D eigenvalue weighted by Crippen LogP contribution is -2.27. The van der Waals surface area contributed by atoms with Gasteiger partial charge in [0, 0.05) is 18.4 Å². The van der Waals surface area contributed by atoms with E-state index in [1.54, 1.807) is 12.1 Å². The van der Waals surface area contributed by atoms with Crippen LogP contribution in [0.15, 0.2) is 18.2 Å². The second kappa shape index (κ2) is 4.37. The van der Waals surface area contributed by atoms with E-state index in [1.165, 1.54) is 13.0 Å². The molecule has 3 rings (SSSR count). The van der Waals surface area contributed by atoms with E-state index in [1.807, 2.05) is 0 Å². The van der Waals surface area contributed by atoms with E-state index in [0.29, 0.717) is 5.69 Å². The van der Waals surface area contributed by atoms with Crippen LogP contribution in [-0.2, 0) is 9.59 Å².